The molecule has 0 nitrogen and oxygen atoms in total. The summed E-state index contributed by atoms with van der Waals surface area (Å²) in [6.07, 6.45) is 10.5. The van der Waals surface area contributed by atoms with Crippen molar-refractivity contribution in [3.05, 3.63) is 0 Å². The van der Waals surface area contributed by atoms with Crippen LogP contribution in [0.15, 0.2) is 0 Å². The number of hydrogen-bond donors (Lipinski definition) is 0. The molecule has 0 aromatic rings. The SMILES string of the molecule is BBB(B)B(B(B)B)B(B(I)B(B(B(B)B)B(B)B)B(B(B)B)B(B)B)B(B(B)B)B(B)B. The molecule has 0 amide bonds. The van der Waals surface area contributed by atoms with Gasteiger partial charge in [-0.05, 0) is 0 Å². The molecule has 0 saturated carbocycles. The average molecular weight is 506 g/mol. The summed E-state index contributed by atoms with van der Waals surface area (Å²) < 4.78 is 0.711. The molecule has 33 heavy (non-hydrogen) atoms. The first kappa shape index (κ1) is 35.8. The molecule has 33 heteroatoms. The maximum absolute atomic E-state index is 3.01. The molecule has 0 aliphatic carbocycles. The first-order valence-electron chi connectivity index (χ1n) is 14.7. The van der Waals surface area contributed by atoms with Crippen LogP contribution in [0, 0.1) is 0 Å². The summed E-state index contributed by atoms with van der Waals surface area (Å²) in [5.74, 6) is 0. The van der Waals surface area contributed by atoms with Gasteiger partial charge < -0.3 is 0 Å². The van der Waals surface area contributed by atoms with Gasteiger partial charge in [-0.2, -0.15) is 22.4 Å². The molecule has 0 N–H and O–H groups in total. The van der Waals surface area contributed by atoms with E-state index in [9.17, 15) is 0 Å². The number of rotatable bonds is 15. The van der Waals surface area contributed by atoms with Crippen molar-refractivity contribution in [2.75, 3.05) is 0 Å². The lowest BCUT2D eigenvalue weighted by Gasteiger charge is -2.46. The maximum Gasteiger partial charge on any atom is 0.120 e. The van der Waals surface area contributed by atoms with Crippen LogP contribution in [0.25, 0.3) is 0 Å². The Morgan fingerprint density at radius 3 is 0.758 bits per heavy atom. The van der Waals surface area contributed by atoms with E-state index in [0.29, 0.717) is 4.35 Å². The second kappa shape index (κ2) is 16.7. The van der Waals surface area contributed by atoms with Crippen molar-refractivity contribution < 1.29 is 0 Å². The van der Waals surface area contributed by atoms with Crippen molar-refractivity contribution >= 4 is 247 Å². The quantitative estimate of drug-likeness (QED) is 0.153. The Balaban J connectivity index is 7.11. The Morgan fingerprint density at radius 2 is 0.576 bits per heavy atom. The highest BCUT2D eigenvalue weighted by Crippen LogP contribution is 2.19. The Hall–Kier alpha value is 2.81. The second-order valence-electron chi connectivity index (χ2n) is 14.0. The molecule has 0 spiro atoms. The highest BCUT2D eigenvalue weighted by atomic mass is 127. The standard InChI is InChI=1S/B32H33I/c1-17-25(16)29(24(14)15)31(28(22(10)11)23(12)13)32(33)30(26(18(2)3)19(4)5)27(20(6)7)21(8)9/h17H,1-16H2. The molecule has 0 aromatic heterocycles. The van der Waals surface area contributed by atoms with Gasteiger partial charge in [0.25, 0.3) is 0 Å². The van der Waals surface area contributed by atoms with Crippen LogP contribution in [-0.2, 0) is 0 Å². The Bertz CT molecular complexity index is 457. The lowest BCUT2D eigenvalue weighted by atomic mass is 8.36. The van der Waals surface area contributed by atoms with Crippen LogP contribution in [-0.4, -0.2) is 225 Å². The largest absolute Gasteiger partial charge is 0.173 e. The fourth-order valence-corrected chi connectivity index (χ4v) is 10.3. The zero-order valence-corrected chi connectivity index (χ0v) is 27.9. The van der Waals surface area contributed by atoms with Crippen LogP contribution < -0.4 is 0 Å². The van der Waals surface area contributed by atoms with E-state index in [0.717, 1.165) is 89.4 Å². The van der Waals surface area contributed by atoms with Crippen LogP contribution in [0.5, 0.6) is 0 Å². The third kappa shape index (κ3) is 10.1. The van der Waals surface area contributed by atoms with E-state index in [2.05, 4.69) is 146 Å². The molecular formula is H33B32I. The van der Waals surface area contributed by atoms with E-state index in [4.69, 9.17) is 0 Å². The zero-order valence-electron chi connectivity index (χ0n) is 25.7. The van der Waals surface area contributed by atoms with E-state index >= 15 is 0 Å². The van der Waals surface area contributed by atoms with Gasteiger partial charge in [0.1, 0.15) is 4.35 Å². The third-order valence-electron chi connectivity index (χ3n) is 9.20. The van der Waals surface area contributed by atoms with E-state index in [1.165, 1.54) is 7.06 Å². The fraction of sp³-hybridized carbons (Fsp3) is 0. The van der Waals surface area contributed by atoms with Gasteiger partial charge in [-0.15, -0.1) is 0 Å². The van der Waals surface area contributed by atoms with Crippen LogP contribution >= 0.6 is 22.4 Å². The lowest BCUT2D eigenvalue weighted by molar-refractivity contribution is 3.30. The van der Waals surface area contributed by atoms with Gasteiger partial charge in [0.2, 0.25) is 0 Å². The summed E-state index contributed by atoms with van der Waals surface area (Å²) >= 11 is 3.01. The summed E-state index contributed by atoms with van der Waals surface area (Å²) in [5, 5.41) is 0. The van der Waals surface area contributed by atoms with Gasteiger partial charge in [0.05, 0.1) is 124 Å². The van der Waals surface area contributed by atoms with Gasteiger partial charge in [-0.3, -0.25) is 0 Å². The first-order chi connectivity index (χ1) is 15.0. The van der Waals surface area contributed by atoms with E-state index in [1.807, 2.05) is 0 Å². The topological polar surface area (TPSA) is 0 Å². The van der Waals surface area contributed by atoms with Crippen molar-refractivity contribution in [3.63, 3.8) is 0 Å². The molecule has 0 rings (SSSR count). The maximum atomic E-state index is 3.01. The minimum atomic E-state index is 0.711. The number of halogens is 1. The zero-order chi connectivity index (χ0) is 26.4. The van der Waals surface area contributed by atoms with E-state index in [-0.39, 0.29) is 0 Å². The van der Waals surface area contributed by atoms with Crippen LogP contribution in [0.2, 0.25) is 0 Å². The van der Waals surface area contributed by atoms with Crippen LogP contribution in [0.3, 0.4) is 0 Å². The molecular weight excluding hydrogens is 473 g/mol. The monoisotopic (exact) mass is 512 g/mol. The molecule has 0 radical (unpaired) electrons. The molecule has 0 aromatic carbocycles. The smallest absolute Gasteiger partial charge is 0.120 e. The lowest BCUT2D eigenvalue weighted by Crippen LogP contribution is -2.86. The molecule has 0 aliphatic heterocycles. The highest BCUT2D eigenvalue weighted by Gasteiger charge is 2.54. The Morgan fingerprint density at radius 1 is 0.364 bits per heavy atom. The van der Waals surface area contributed by atoms with Crippen molar-refractivity contribution in [2.45, 2.75) is 0 Å². The van der Waals surface area contributed by atoms with Crippen LogP contribution in [0.1, 0.15) is 0 Å². The van der Waals surface area contributed by atoms with Crippen molar-refractivity contribution in [1.82, 2.24) is 0 Å². The summed E-state index contributed by atoms with van der Waals surface area (Å²) in [7, 11) is 41.4. The van der Waals surface area contributed by atoms with Gasteiger partial charge in [-0.1, -0.05) is 0 Å². The molecule has 0 aliphatic rings. The number of hydrogen-bond acceptors (Lipinski definition) is 0. The molecule has 0 saturated heterocycles. The average Bonchev–Trinajstić information content (AvgIpc) is 2.63. The fourth-order valence-electron chi connectivity index (χ4n) is 8.35. The first-order valence-corrected chi connectivity index (χ1v) is 15.9. The van der Waals surface area contributed by atoms with Gasteiger partial charge in [0.15, 0.2) is 0 Å². The minimum Gasteiger partial charge on any atom is -0.173 e. The summed E-state index contributed by atoms with van der Waals surface area (Å²) in [4.78, 5) is 0. The van der Waals surface area contributed by atoms with Crippen molar-refractivity contribution in [1.29, 1.82) is 0 Å². The normalized spacial score (nSPS) is 9.48. The van der Waals surface area contributed by atoms with E-state index < -0.39 is 0 Å². The molecule has 136 valence electrons. The predicted octanol–water partition coefficient (Wildman–Crippen LogP) is -20.1. The molecule has 0 unspecified atom stereocenters. The second-order valence-corrected chi connectivity index (χ2v) is 15.4. The predicted molar refractivity (Wildman–Crippen MR) is 244 cm³/mol. The van der Waals surface area contributed by atoms with Gasteiger partial charge in [-0.25, -0.2) is 0 Å². The van der Waals surface area contributed by atoms with Gasteiger partial charge in [0, 0.05) is 96.5 Å². The Labute approximate surface area is 245 Å². The highest BCUT2D eigenvalue weighted by molar-refractivity contribution is 14.1. The molecule has 0 fully saturated rings. The van der Waals surface area contributed by atoms with Crippen molar-refractivity contribution in [3.8, 4) is 0 Å². The summed E-state index contributed by atoms with van der Waals surface area (Å²) in [5.41, 5.74) is 0. The molecule has 0 heterocycles. The van der Waals surface area contributed by atoms with Crippen LogP contribution in [0.4, 0.5) is 0 Å². The molecule has 0 bridgehead atoms. The summed E-state index contributed by atoms with van der Waals surface area (Å²) in [6.45, 7) is 0. The Kier molecular flexibility index (Phi) is 18.1. The van der Waals surface area contributed by atoms with Gasteiger partial charge >= 0.3 is 0 Å². The third-order valence-corrected chi connectivity index (χ3v) is 10.9. The van der Waals surface area contributed by atoms with E-state index in [1.54, 1.807) is 0 Å². The minimum absolute atomic E-state index is 0.711. The summed E-state index contributed by atoms with van der Waals surface area (Å²) in [6, 6.07) is 0. The molecule has 0 atom stereocenters. The van der Waals surface area contributed by atoms with Crippen molar-refractivity contribution in [2.24, 2.45) is 0 Å².